The van der Waals surface area contributed by atoms with Crippen molar-refractivity contribution in [3.63, 3.8) is 0 Å². The van der Waals surface area contributed by atoms with Crippen molar-refractivity contribution in [2.75, 3.05) is 37.8 Å². The molecule has 1 saturated heterocycles. The second-order valence-corrected chi connectivity index (χ2v) is 6.07. The number of anilines is 1. The summed E-state index contributed by atoms with van der Waals surface area (Å²) < 4.78 is 45.5. The van der Waals surface area contributed by atoms with E-state index in [9.17, 15) is 18.3 Å². The van der Waals surface area contributed by atoms with Gasteiger partial charge >= 0.3 is 6.18 Å². The van der Waals surface area contributed by atoms with E-state index in [2.05, 4.69) is 9.97 Å². The highest BCUT2D eigenvalue weighted by molar-refractivity contribution is 5.40. The van der Waals surface area contributed by atoms with Gasteiger partial charge in [0.2, 0.25) is 5.95 Å². The first-order chi connectivity index (χ1) is 11.0. The molecule has 5 nitrogen and oxygen atoms in total. The van der Waals surface area contributed by atoms with Gasteiger partial charge in [-0.2, -0.15) is 13.2 Å². The maximum atomic E-state index is 13.4. The minimum Gasteiger partial charge on any atom is -0.396 e. The first kappa shape index (κ1) is 16.4. The standard InChI is InChI=1S/C15H20F3N3O2/c16-15(17,18)13-11-3-1-2-4-12(11)19-14(20-13)21-5-6-23-9-10(7-21)8-22/h10,22H,1-9H2. The average molecular weight is 331 g/mol. The fourth-order valence-corrected chi connectivity index (χ4v) is 3.13. The highest BCUT2D eigenvalue weighted by atomic mass is 19.4. The zero-order valence-corrected chi connectivity index (χ0v) is 12.8. The van der Waals surface area contributed by atoms with E-state index < -0.39 is 11.9 Å². The topological polar surface area (TPSA) is 58.5 Å². The molecule has 2 aliphatic rings. The van der Waals surface area contributed by atoms with E-state index in [1.807, 2.05) is 0 Å². The minimum atomic E-state index is -4.47. The Bertz CT molecular complexity index is 566. The Kier molecular flexibility index (Phi) is 4.72. The maximum Gasteiger partial charge on any atom is 0.433 e. The summed E-state index contributed by atoms with van der Waals surface area (Å²) in [7, 11) is 0. The lowest BCUT2D eigenvalue weighted by atomic mass is 9.94. The zero-order chi connectivity index (χ0) is 16.4. The molecule has 0 aromatic carbocycles. The Morgan fingerprint density at radius 2 is 2.00 bits per heavy atom. The van der Waals surface area contributed by atoms with Gasteiger partial charge in [-0.05, 0) is 25.7 Å². The molecule has 1 unspecified atom stereocenters. The molecule has 1 aliphatic heterocycles. The molecule has 0 amide bonds. The Morgan fingerprint density at radius 1 is 1.22 bits per heavy atom. The Labute approximate surface area is 132 Å². The van der Waals surface area contributed by atoms with Gasteiger partial charge in [0.25, 0.3) is 0 Å². The molecular weight excluding hydrogens is 311 g/mol. The SMILES string of the molecule is OCC1COCCN(c2nc3c(c(C(F)(F)F)n2)CCCC3)C1. The van der Waals surface area contributed by atoms with Crippen LogP contribution in [0.4, 0.5) is 19.1 Å². The van der Waals surface area contributed by atoms with E-state index in [1.54, 1.807) is 4.90 Å². The number of rotatable bonds is 2. The van der Waals surface area contributed by atoms with Crippen molar-refractivity contribution in [3.05, 3.63) is 17.0 Å². The number of ether oxygens (including phenoxy) is 1. The lowest BCUT2D eigenvalue weighted by molar-refractivity contribution is -0.142. The van der Waals surface area contributed by atoms with E-state index in [0.29, 0.717) is 44.8 Å². The minimum absolute atomic E-state index is 0.0758. The number of fused-ring (bicyclic) bond motifs is 1. The van der Waals surface area contributed by atoms with Gasteiger partial charge in [-0.3, -0.25) is 0 Å². The molecule has 1 fully saturated rings. The summed E-state index contributed by atoms with van der Waals surface area (Å²) in [6.45, 7) is 1.52. The van der Waals surface area contributed by atoms with E-state index in [4.69, 9.17) is 4.74 Å². The first-order valence-electron chi connectivity index (χ1n) is 7.89. The summed E-state index contributed by atoms with van der Waals surface area (Å²) in [5, 5.41) is 9.33. The fourth-order valence-electron chi connectivity index (χ4n) is 3.13. The molecule has 1 aliphatic carbocycles. The highest BCUT2D eigenvalue weighted by Gasteiger charge is 2.38. The smallest absolute Gasteiger partial charge is 0.396 e. The fraction of sp³-hybridized carbons (Fsp3) is 0.733. The Balaban J connectivity index is 1.98. The molecule has 3 rings (SSSR count). The third kappa shape index (κ3) is 3.58. The normalized spacial score (nSPS) is 22.6. The molecule has 0 spiro atoms. The van der Waals surface area contributed by atoms with Gasteiger partial charge < -0.3 is 14.7 Å². The molecular formula is C15H20F3N3O2. The largest absolute Gasteiger partial charge is 0.433 e. The van der Waals surface area contributed by atoms with Crippen molar-refractivity contribution >= 4 is 5.95 Å². The number of aromatic nitrogens is 2. The van der Waals surface area contributed by atoms with Gasteiger partial charge in [0.15, 0.2) is 5.69 Å². The number of halogens is 3. The van der Waals surface area contributed by atoms with Gasteiger partial charge in [-0.1, -0.05) is 0 Å². The molecule has 0 bridgehead atoms. The molecule has 8 heteroatoms. The molecule has 0 radical (unpaired) electrons. The molecule has 128 valence electrons. The predicted molar refractivity (Wildman–Crippen MR) is 77.3 cm³/mol. The number of alkyl halides is 3. The van der Waals surface area contributed by atoms with Crippen LogP contribution in [0.1, 0.15) is 29.8 Å². The van der Waals surface area contributed by atoms with Crippen molar-refractivity contribution in [2.45, 2.75) is 31.9 Å². The first-order valence-corrected chi connectivity index (χ1v) is 7.89. The van der Waals surface area contributed by atoms with Gasteiger partial charge in [-0.25, -0.2) is 9.97 Å². The second kappa shape index (κ2) is 6.60. The van der Waals surface area contributed by atoms with Crippen LogP contribution in [0.2, 0.25) is 0 Å². The van der Waals surface area contributed by atoms with Crippen LogP contribution in [-0.2, 0) is 23.8 Å². The summed E-state index contributed by atoms with van der Waals surface area (Å²) in [6, 6.07) is 0. The molecule has 1 aromatic rings. The summed E-state index contributed by atoms with van der Waals surface area (Å²) in [6.07, 6.45) is -1.95. The van der Waals surface area contributed by atoms with Crippen LogP contribution in [0.15, 0.2) is 0 Å². The number of nitrogens with zero attached hydrogens (tertiary/aromatic N) is 3. The van der Waals surface area contributed by atoms with E-state index in [1.165, 1.54) is 0 Å². The van der Waals surface area contributed by atoms with E-state index in [0.717, 1.165) is 12.8 Å². The van der Waals surface area contributed by atoms with Gasteiger partial charge in [0, 0.05) is 36.9 Å². The molecule has 23 heavy (non-hydrogen) atoms. The zero-order valence-electron chi connectivity index (χ0n) is 12.8. The number of hydrogen-bond acceptors (Lipinski definition) is 5. The Hall–Kier alpha value is -1.41. The molecule has 1 N–H and O–H groups in total. The number of hydrogen-bond donors (Lipinski definition) is 1. The van der Waals surface area contributed by atoms with Crippen LogP contribution in [0.3, 0.4) is 0 Å². The quantitative estimate of drug-likeness (QED) is 0.896. The van der Waals surface area contributed by atoms with Gasteiger partial charge in [0.1, 0.15) is 0 Å². The number of aryl methyl sites for hydroxylation is 1. The number of aliphatic hydroxyl groups is 1. The molecule has 2 heterocycles. The summed E-state index contributed by atoms with van der Waals surface area (Å²) in [5.74, 6) is -0.0478. The van der Waals surface area contributed by atoms with Gasteiger partial charge in [-0.15, -0.1) is 0 Å². The van der Waals surface area contributed by atoms with Crippen molar-refractivity contribution in [3.8, 4) is 0 Å². The van der Waals surface area contributed by atoms with Crippen molar-refractivity contribution in [2.24, 2.45) is 5.92 Å². The van der Waals surface area contributed by atoms with Crippen LogP contribution in [0, 0.1) is 5.92 Å². The summed E-state index contributed by atoms with van der Waals surface area (Å²) >= 11 is 0. The van der Waals surface area contributed by atoms with Crippen LogP contribution in [-0.4, -0.2) is 48.0 Å². The van der Waals surface area contributed by atoms with Gasteiger partial charge in [0.05, 0.1) is 13.2 Å². The average Bonchev–Trinajstić information content (AvgIpc) is 2.78. The van der Waals surface area contributed by atoms with Crippen LogP contribution < -0.4 is 4.90 Å². The second-order valence-electron chi connectivity index (χ2n) is 6.07. The molecule has 1 atom stereocenters. The van der Waals surface area contributed by atoms with Crippen molar-refractivity contribution < 1.29 is 23.0 Å². The van der Waals surface area contributed by atoms with Crippen LogP contribution >= 0.6 is 0 Å². The number of aliphatic hydroxyl groups excluding tert-OH is 1. The van der Waals surface area contributed by atoms with Crippen molar-refractivity contribution in [1.29, 1.82) is 0 Å². The summed E-state index contributed by atoms with van der Waals surface area (Å²) in [4.78, 5) is 9.94. The summed E-state index contributed by atoms with van der Waals surface area (Å²) in [5.41, 5.74) is -0.0421. The van der Waals surface area contributed by atoms with Crippen LogP contribution in [0.25, 0.3) is 0 Å². The van der Waals surface area contributed by atoms with Crippen molar-refractivity contribution in [1.82, 2.24) is 9.97 Å². The molecule has 1 aromatic heterocycles. The Morgan fingerprint density at radius 3 is 2.74 bits per heavy atom. The maximum absolute atomic E-state index is 13.4. The third-order valence-electron chi connectivity index (χ3n) is 4.32. The lowest BCUT2D eigenvalue weighted by Gasteiger charge is -2.26. The molecule has 0 saturated carbocycles. The van der Waals surface area contributed by atoms with E-state index in [-0.39, 0.29) is 24.0 Å². The van der Waals surface area contributed by atoms with E-state index >= 15 is 0 Å². The third-order valence-corrected chi connectivity index (χ3v) is 4.32. The monoisotopic (exact) mass is 331 g/mol. The van der Waals surface area contributed by atoms with Crippen LogP contribution in [0.5, 0.6) is 0 Å². The lowest BCUT2D eigenvalue weighted by Crippen LogP contribution is -2.34. The predicted octanol–water partition coefficient (Wildman–Crippen LogP) is 1.82. The highest BCUT2D eigenvalue weighted by Crippen LogP contribution is 2.35.